The van der Waals surface area contributed by atoms with Gasteiger partial charge in [-0.2, -0.15) is 0 Å². The van der Waals surface area contributed by atoms with Crippen LogP contribution in [0, 0.1) is 0 Å². The van der Waals surface area contributed by atoms with Crippen LogP contribution in [0.5, 0.6) is 5.75 Å². The van der Waals surface area contributed by atoms with E-state index in [2.05, 4.69) is 49.3 Å². The molecule has 3 rings (SSSR count). The molecule has 0 saturated carbocycles. The fraction of sp³-hybridized carbons (Fsp3) is 0.300. The topological polar surface area (TPSA) is 87.1 Å². The number of nitrogens with zero attached hydrogens (tertiary/aromatic N) is 1. The molecule has 6 heteroatoms. The van der Waals surface area contributed by atoms with Gasteiger partial charge in [-0.3, -0.25) is 0 Å². The van der Waals surface area contributed by atoms with Gasteiger partial charge in [-0.15, -0.1) is 0 Å². The van der Waals surface area contributed by atoms with Gasteiger partial charge in [0.25, 0.3) is 0 Å². The van der Waals surface area contributed by atoms with Crippen molar-refractivity contribution in [3.8, 4) is 5.75 Å². The van der Waals surface area contributed by atoms with Gasteiger partial charge in [-0.05, 0) is 49.3 Å². The summed E-state index contributed by atoms with van der Waals surface area (Å²) in [6, 6.07) is 11.4. The molecule has 138 valence electrons. The lowest BCUT2D eigenvalue weighted by molar-refractivity contribution is -0.134. The zero-order valence-corrected chi connectivity index (χ0v) is 15.1. The zero-order chi connectivity index (χ0) is 19.3. The van der Waals surface area contributed by atoms with Crippen LogP contribution in [0.25, 0.3) is 10.8 Å². The second-order valence-electron chi connectivity index (χ2n) is 6.30. The first kappa shape index (κ1) is 19.5. The quantitative estimate of drug-likeness (QED) is 0.818. The number of carbonyl (C=O) groups is 2. The molecule has 0 aliphatic heterocycles. The van der Waals surface area contributed by atoms with Gasteiger partial charge in [0.05, 0.1) is 7.11 Å². The highest BCUT2D eigenvalue weighted by atomic mass is 16.5. The first-order chi connectivity index (χ1) is 12.3. The van der Waals surface area contributed by atoms with Crippen LogP contribution in [-0.2, 0) is 22.4 Å². The standard InChI is InChI=1S/C16H19NO.C4H4O4/c1-17(2)13-9-12-6-4-5-11-7-8-15(18-3)14(10-13)16(11)12;5-3(6)1-2-4(7)8/h4-8,13H,9-10H2,1-3H3;1-2H,(H,5,6)(H,7,8). The first-order valence-electron chi connectivity index (χ1n) is 8.21. The lowest BCUT2D eigenvalue weighted by atomic mass is 9.85. The lowest BCUT2D eigenvalue weighted by Crippen LogP contribution is -2.34. The second-order valence-corrected chi connectivity index (χ2v) is 6.30. The molecule has 0 spiro atoms. The van der Waals surface area contributed by atoms with Crippen LogP contribution in [-0.4, -0.2) is 54.3 Å². The molecule has 6 nitrogen and oxygen atoms in total. The highest BCUT2D eigenvalue weighted by Crippen LogP contribution is 2.36. The summed E-state index contributed by atoms with van der Waals surface area (Å²) < 4.78 is 5.54. The Morgan fingerprint density at radius 2 is 1.73 bits per heavy atom. The lowest BCUT2D eigenvalue weighted by Gasteiger charge is -2.31. The number of ether oxygens (including phenoxy) is 1. The van der Waals surface area contributed by atoms with Crippen molar-refractivity contribution < 1.29 is 24.5 Å². The summed E-state index contributed by atoms with van der Waals surface area (Å²) in [4.78, 5) is 21.4. The van der Waals surface area contributed by atoms with Crippen molar-refractivity contribution in [3.05, 3.63) is 53.6 Å². The SMILES string of the molecule is COc1ccc2cccc3c2c1CC(N(C)C)C3.O=C(O)C=CC(=O)O. The van der Waals surface area contributed by atoms with Crippen molar-refractivity contribution in [2.45, 2.75) is 18.9 Å². The average Bonchev–Trinajstić information content (AvgIpc) is 2.61. The Morgan fingerprint density at radius 1 is 1.08 bits per heavy atom. The number of rotatable bonds is 4. The predicted octanol–water partition coefficient (Wildman–Crippen LogP) is 2.59. The molecule has 1 unspecified atom stereocenters. The highest BCUT2D eigenvalue weighted by Gasteiger charge is 2.24. The molecule has 0 heterocycles. The average molecular weight is 357 g/mol. The van der Waals surface area contributed by atoms with Crippen molar-refractivity contribution in [1.82, 2.24) is 4.90 Å². The molecule has 0 aromatic heterocycles. The molecule has 26 heavy (non-hydrogen) atoms. The van der Waals surface area contributed by atoms with E-state index < -0.39 is 11.9 Å². The maximum Gasteiger partial charge on any atom is 0.328 e. The summed E-state index contributed by atoms with van der Waals surface area (Å²) in [7, 11) is 6.08. The number of aliphatic carboxylic acids is 2. The van der Waals surface area contributed by atoms with E-state index in [1.54, 1.807) is 7.11 Å². The number of hydrogen-bond donors (Lipinski definition) is 2. The Balaban J connectivity index is 0.000000260. The summed E-state index contributed by atoms with van der Waals surface area (Å²) in [5, 5.41) is 18.4. The summed E-state index contributed by atoms with van der Waals surface area (Å²) >= 11 is 0. The summed E-state index contributed by atoms with van der Waals surface area (Å²) in [6.45, 7) is 0. The third-order valence-corrected chi connectivity index (χ3v) is 4.41. The van der Waals surface area contributed by atoms with Gasteiger partial charge in [0.15, 0.2) is 0 Å². The molecule has 2 aromatic carbocycles. The molecule has 0 fully saturated rings. The fourth-order valence-corrected chi connectivity index (χ4v) is 3.15. The largest absolute Gasteiger partial charge is 0.496 e. The molecule has 0 amide bonds. The maximum atomic E-state index is 9.55. The number of benzene rings is 2. The van der Waals surface area contributed by atoms with E-state index in [9.17, 15) is 9.59 Å². The smallest absolute Gasteiger partial charge is 0.328 e. The molecular formula is C20H23NO5. The van der Waals surface area contributed by atoms with Crippen LogP contribution in [0.1, 0.15) is 11.1 Å². The van der Waals surface area contributed by atoms with Gasteiger partial charge in [-0.1, -0.05) is 24.3 Å². The van der Waals surface area contributed by atoms with Crippen LogP contribution in [0.4, 0.5) is 0 Å². The summed E-state index contributed by atoms with van der Waals surface area (Å²) in [5.74, 6) is -1.48. The first-order valence-corrected chi connectivity index (χ1v) is 8.21. The third-order valence-electron chi connectivity index (χ3n) is 4.41. The minimum Gasteiger partial charge on any atom is -0.496 e. The van der Waals surface area contributed by atoms with Crippen LogP contribution in [0.2, 0.25) is 0 Å². The monoisotopic (exact) mass is 357 g/mol. The number of hydrogen-bond acceptors (Lipinski definition) is 4. The van der Waals surface area contributed by atoms with Gasteiger partial charge >= 0.3 is 11.9 Å². The number of carboxylic acids is 2. The highest BCUT2D eigenvalue weighted by molar-refractivity contribution is 5.91. The van der Waals surface area contributed by atoms with Crippen LogP contribution < -0.4 is 4.74 Å². The van der Waals surface area contributed by atoms with Crippen LogP contribution >= 0.6 is 0 Å². The maximum absolute atomic E-state index is 9.55. The third kappa shape index (κ3) is 4.61. The van der Waals surface area contributed by atoms with Crippen molar-refractivity contribution >= 4 is 22.7 Å². The number of carboxylic acid groups (broad SMARTS) is 2. The minimum absolute atomic E-state index is 0.558. The molecule has 0 radical (unpaired) electrons. The molecule has 1 atom stereocenters. The van der Waals surface area contributed by atoms with Gasteiger partial charge < -0.3 is 19.8 Å². The Kier molecular flexibility index (Phi) is 6.36. The normalized spacial score (nSPS) is 15.6. The van der Waals surface area contributed by atoms with E-state index in [4.69, 9.17) is 14.9 Å². The Bertz CT molecular complexity index is 825. The number of likely N-dealkylation sites (N-methyl/N-ethyl adjacent to an activating group) is 1. The van der Waals surface area contributed by atoms with Crippen molar-refractivity contribution in [2.75, 3.05) is 21.2 Å². The van der Waals surface area contributed by atoms with E-state index in [0.29, 0.717) is 18.2 Å². The molecule has 0 bridgehead atoms. The van der Waals surface area contributed by atoms with Crippen LogP contribution in [0.15, 0.2) is 42.5 Å². The Hall–Kier alpha value is -2.86. The predicted molar refractivity (Wildman–Crippen MR) is 99.8 cm³/mol. The van der Waals surface area contributed by atoms with Crippen LogP contribution in [0.3, 0.4) is 0 Å². The van der Waals surface area contributed by atoms with Gasteiger partial charge in [0, 0.05) is 23.8 Å². The Morgan fingerprint density at radius 3 is 2.27 bits per heavy atom. The van der Waals surface area contributed by atoms with E-state index in [-0.39, 0.29) is 0 Å². The minimum atomic E-state index is -1.26. The molecule has 2 N–H and O–H groups in total. The number of methoxy groups -OCH3 is 1. The summed E-state index contributed by atoms with van der Waals surface area (Å²) in [6.07, 6.45) is 3.32. The van der Waals surface area contributed by atoms with Gasteiger partial charge in [0.1, 0.15) is 5.75 Å². The van der Waals surface area contributed by atoms with E-state index in [0.717, 1.165) is 18.6 Å². The Labute approximate surface area is 152 Å². The fourth-order valence-electron chi connectivity index (χ4n) is 3.15. The second kappa shape index (κ2) is 8.49. The van der Waals surface area contributed by atoms with Crippen molar-refractivity contribution in [1.29, 1.82) is 0 Å². The van der Waals surface area contributed by atoms with Crippen molar-refractivity contribution in [2.24, 2.45) is 0 Å². The van der Waals surface area contributed by atoms with E-state index in [1.807, 2.05) is 0 Å². The molecule has 1 aliphatic rings. The molecule has 0 saturated heterocycles. The molecule has 1 aliphatic carbocycles. The van der Waals surface area contributed by atoms with E-state index in [1.165, 1.54) is 21.9 Å². The van der Waals surface area contributed by atoms with Gasteiger partial charge in [-0.25, -0.2) is 9.59 Å². The molecular weight excluding hydrogens is 334 g/mol. The van der Waals surface area contributed by atoms with Crippen molar-refractivity contribution in [3.63, 3.8) is 0 Å². The molecule has 2 aromatic rings. The zero-order valence-electron chi connectivity index (χ0n) is 15.1. The van der Waals surface area contributed by atoms with Gasteiger partial charge in [0.2, 0.25) is 0 Å². The summed E-state index contributed by atoms with van der Waals surface area (Å²) in [5.41, 5.74) is 2.82. The van der Waals surface area contributed by atoms with E-state index >= 15 is 0 Å².